The third-order valence-electron chi connectivity index (χ3n) is 3.55. The van der Waals surface area contributed by atoms with Crippen molar-refractivity contribution in [2.45, 2.75) is 6.92 Å². The average molecular weight is 476 g/mol. The smallest absolute Gasteiger partial charge is 0.282 e. The van der Waals surface area contributed by atoms with E-state index in [1.807, 2.05) is 12.1 Å². The van der Waals surface area contributed by atoms with Gasteiger partial charge in [0.15, 0.2) is 6.61 Å². The minimum absolute atomic E-state index is 0.0764. The van der Waals surface area contributed by atoms with Gasteiger partial charge in [-0.25, -0.2) is 4.98 Å². The number of nitriles is 1. The molecule has 0 amide bonds. The summed E-state index contributed by atoms with van der Waals surface area (Å²) in [5.74, 6) is 0.969. The van der Waals surface area contributed by atoms with E-state index in [4.69, 9.17) is 10.00 Å². The Hall–Kier alpha value is -2.50. The van der Waals surface area contributed by atoms with Crippen molar-refractivity contribution in [3.05, 3.63) is 67.1 Å². The van der Waals surface area contributed by atoms with Gasteiger partial charge in [-0.05, 0) is 43.3 Å². The van der Waals surface area contributed by atoms with Crippen molar-refractivity contribution >= 4 is 49.0 Å². The van der Waals surface area contributed by atoms with Crippen molar-refractivity contribution in [3.8, 4) is 11.8 Å². The summed E-state index contributed by atoms with van der Waals surface area (Å²) >= 11 is 6.76. The van der Waals surface area contributed by atoms with Crippen LogP contribution < -0.4 is 10.3 Å². The number of halogens is 2. The highest BCUT2D eigenvalue weighted by Crippen LogP contribution is 2.22. The van der Waals surface area contributed by atoms with Crippen molar-refractivity contribution in [2.75, 3.05) is 6.61 Å². The Morgan fingerprint density at radius 2 is 2.00 bits per heavy atom. The van der Waals surface area contributed by atoms with Crippen LogP contribution in [0.2, 0.25) is 0 Å². The van der Waals surface area contributed by atoms with Gasteiger partial charge < -0.3 is 4.74 Å². The zero-order valence-corrected chi connectivity index (χ0v) is 16.8. The molecule has 0 aliphatic rings. The third-order valence-corrected chi connectivity index (χ3v) is 4.53. The Morgan fingerprint density at radius 3 is 2.77 bits per heavy atom. The molecule has 3 rings (SSSR count). The second-order valence-electron chi connectivity index (χ2n) is 5.31. The highest BCUT2D eigenvalue weighted by molar-refractivity contribution is 9.10. The molecule has 8 heteroatoms. The number of benzene rings is 2. The predicted octanol–water partition coefficient (Wildman–Crippen LogP) is 4.01. The first-order chi connectivity index (χ1) is 12.5. The Kier molecular flexibility index (Phi) is 5.49. The number of hydrogen-bond acceptors (Lipinski definition) is 5. The Bertz CT molecular complexity index is 1120. The molecule has 1 heterocycles. The van der Waals surface area contributed by atoms with Crippen LogP contribution in [0.4, 0.5) is 0 Å². The summed E-state index contributed by atoms with van der Waals surface area (Å²) in [5.41, 5.74) is 0.984. The van der Waals surface area contributed by atoms with Gasteiger partial charge in [0, 0.05) is 14.5 Å². The van der Waals surface area contributed by atoms with E-state index in [0.29, 0.717) is 28.0 Å². The normalized spacial score (nSPS) is 11.0. The zero-order chi connectivity index (χ0) is 18.7. The number of nitrogens with zero attached hydrogens (tertiary/aromatic N) is 4. The van der Waals surface area contributed by atoms with E-state index in [0.717, 1.165) is 8.95 Å². The van der Waals surface area contributed by atoms with E-state index in [9.17, 15) is 4.79 Å². The summed E-state index contributed by atoms with van der Waals surface area (Å²) < 4.78 is 8.25. The minimum Gasteiger partial charge on any atom is -0.478 e. The molecule has 2 aromatic carbocycles. The summed E-state index contributed by atoms with van der Waals surface area (Å²) in [4.78, 5) is 17.2. The molecule has 0 atom stereocenters. The summed E-state index contributed by atoms with van der Waals surface area (Å²) in [6, 6.07) is 12.6. The van der Waals surface area contributed by atoms with Gasteiger partial charge in [-0.1, -0.05) is 31.9 Å². The largest absolute Gasteiger partial charge is 0.478 e. The summed E-state index contributed by atoms with van der Waals surface area (Å²) in [6.07, 6.45) is 1.51. The summed E-state index contributed by atoms with van der Waals surface area (Å²) in [5, 5.41) is 13.5. The lowest BCUT2D eigenvalue weighted by Gasteiger charge is -2.08. The quantitative estimate of drug-likeness (QED) is 0.534. The number of ether oxygens (including phenoxy) is 1. The van der Waals surface area contributed by atoms with Crippen LogP contribution in [0.25, 0.3) is 10.9 Å². The average Bonchev–Trinajstić information content (AvgIpc) is 2.61. The van der Waals surface area contributed by atoms with E-state index in [-0.39, 0.29) is 12.2 Å². The molecule has 26 heavy (non-hydrogen) atoms. The summed E-state index contributed by atoms with van der Waals surface area (Å²) in [6.45, 7) is 1.64. The van der Waals surface area contributed by atoms with Crippen molar-refractivity contribution in [1.29, 1.82) is 5.26 Å². The number of fused-ring (bicyclic) bond motifs is 1. The van der Waals surface area contributed by atoms with E-state index < -0.39 is 0 Å². The molecule has 0 saturated heterocycles. The van der Waals surface area contributed by atoms with Crippen molar-refractivity contribution in [1.82, 2.24) is 9.66 Å². The van der Waals surface area contributed by atoms with E-state index in [1.165, 1.54) is 10.9 Å². The molecule has 6 nitrogen and oxygen atoms in total. The highest BCUT2D eigenvalue weighted by Gasteiger charge is 2.08. The Morgan fingerprint density at radius 1 is 1.27 bits per heavy atom. The second-order valence-corrected chi connectivity index (χ2v) is 7.14. The van der Waals surface area contributed by atoms with Crippen LogP contribution in [0.15, 0.2) is 55.2 Å². The fourth-order valence-corrected chi connectivity index (χ4v) is 3.12. The minimum atomic E-state index is -0.264. The Labute approximate surface area is 166 Å². The van der Waals surface area contributed by atoms with Gasteiger partial charge in [-0.2, -0.15) is 15.0 Å². The van der Waals surface area contributed by atoms with Crippen molar-refractivity contribution in [3.63, 3.8) is 0 Å². The molecule has 130 valence electrons. The zero-order valence-electron chi connectivity index (χ0n) is 13.6. The van der Waals surface area contributed by atoms with Crippen molar-refractivity contribution in [2.24, 2.45) is 5.10 Å². The molecule has 0 spiro atoms. The maximum atomic E-state index is 12.8. The molecule has 1 aromatic heterocycles. The molecule has 0 N–H and O–H groups in total. The van der Waals surface area contributed by atoms with Gasteiger partial charge in [-0.3, -0.25) is 4.79 Å². The topological polar surface area (TPSA) is 80.3 Å². The SMILES string of the molecule is Cc1nc2ccc(Br)cc2c(=O)n1N=Cc1cc(Br)ccc1OCC#N. The van der Waals surface area contributed by atoms with Gasteiger partial charge in [0.05, 0.1) is 17.1 Å². The van der Waals surface area contributed by atoms with Crippen LogP contribution >= 0.6 is 31.9 Å². The number of rotatable bonds is 4. The molecule has 0 bridgehead atoms. The lowest BCUT2D eigenvalue weighted by Crippen LogP contribution is -2.20. The molecule has 0 aliphatic carbocycles. The molecule has 0 fully saturated rings. The van der Waals surface area contributed by atoms with Crippen LogP contribution in [0.3, 0.4) is 0 Å². The molecule has 0 saturated carbocycles. The van der Waals surface area contributed by atoms with E-state index in [1.54, 1.807) is 37.3 Å². The maximum Gasteiger partial charge on any atom is 0.282 e. The van der Waals surface area contributed by atoms with Crippen LogP contribution in [-0.2, 0) is 0 Å². The first kappa shape index (κ1) is 18.3. The standard InChI is InChI=1S/C18H12Br2N4O2/c1-11-23-16-4-2-14(20)9-15(16)18(25)24(11)22-10-12-8-13(19)3-5-17(12)26-7-6-21/h2-5,8-10H,7H2,1H3. The molecular formula is C18H12Br2N4O2. The number of aryl methyl sites for hydroxylation is 1. The first-order valence-corrected chi connectivity index (χ1v) is 9.11. The van der Waals surface area contributed by atoms with Crippen LogP contribution in [0.5, 0.6) is 5.75 Å². The van der Waals surface area contributed by atoms with Crippen LogP contribution in [0, 0.1) is 18.3 Å². The molecule has 0 radical (unpaired) electrons. The number of aromatic nitrogens is 2. The van der Waals surface area contributed by atoms with E-state index >= 15 is 0 Å². The lowest BCUT2D eigenvalue weighted by atomic mass is 10.2. The second kappa shape index (κ2) is 7.81. The monoisotopic (exact) mass is 474 g/mol. The van der Waals surface area contributed by atoms with Crippen LogP contribution in [0.1, 0.15) is 11.4 Å². The molecule has 0 aliphatic heterocycles. The lowest BCUT2D eigenvalue weighted by molar-refractivity contribution is 0.367. The fraction of sp³-hybridized carbons (Fsp3) is 0.111. The first-order valence-electron chi connectivity index (χ1n) is 7.52. The van der Waals surface area contributed by atoms with Gasteiger partial charge in [-0.15, -0.1) is 0 Å². The van der Waals surface area contributed by atoms with Gasteiger partial charge in [0.1, 0.15) is 17.6 Å². The molecular weight excluding hydrogens is 464 g/mol. The molecule has 0 unspecified atom stereocenters. The summed E-state index contributed by atoms with van der Waals surface area (Å²) in [7, 11) is 0. The predicted molar refractivity (Wildman–Crippen MR) is 107 cm³/mol. The third kappa shape index (κ3) is 3.84. The van der Waals surface area contributed by atoms with E-state index in [2.05, 4.69) is 41.9 Å². The van der Waals surface area contributed by atoms with Crippen LogP contribution in [-0.4, -0.2) is 22.5 Å². The maximum absolute atomic E-state index is 12.8. The highest BCUT2D eigenvalue weighted by atomic mass is 79.9. The Balaban J connectivity index is 2.08. The van der Waals surface area contributed by atoms with Gasteiger partial charge in [0.2, 0.25) is 0 Å². The fourth-order valence-electron chi connectivity index (χ4n) is 2.38. The molecule has 3 aromatic rings. The van der Waals surface area contributed by atoms with Crippen molar-refractivity contribution < 1.29 is 4.74 Å². The van der Waals surface area contributed by atoms with Gasteiger partial charge >= 0.3 is 0 Å². The number of hydrogen-bond donors (Lipinski definition) is 0. The van der Waals surface area contributed by atoms with Gasteiger partial charge in [0.25, 0.3) is 5.56 Å².